The first-order valence-electron chi connectivity index (χ1n) is 18.4. The van der Waals surface area contributed by atoms with Crippen LogP contribution in [0, 0.1) is 11.8 Å². The van der Waals surface area contributed by atoms with Gasteiger partial charge in [-0.3, -0.25) is 4.79 Å². The van der Waals surface area contributed by atoms with E-state index in [2.05, 4.69) is 20.4 Å². The molecule has 0 aromatic rings. The number of hydrogen-bond donors (Lipinski definition) is 0. The lowest BCUT2D eigenvalue weighted by molar-refractivity contribution is -0.174. The first kappa shape index (κ1) is 40.7. The number of carbonyl (C=O) groups excluding carboxylic acids is 4. The van der Waals surface area contributed by atoms with Gasteiger partial charge < -0.3 is 28.4 Å². The first-order valence-corrected chi connectivity index (χ1v) is 18.4. The maximum atomic E-state index is 13.1. The molecule has 2 unspecified atom stereocenters. The number of ether oxygens (including phenoxy) is 6. The van der Waals surface area contributed by atoms with Crippen molar-refractivity contribution < 1.29 is 47.6 Å². The molecule has 0 bridgehead atoms. The molecule has 0 aliphatic heterocycles. The van der Waals surface area contributed by atoms with Gasteiger partial charge in [0, 0.05) is 30.6 Å². The minimum Gasteiger partial charge on any atom is -0.460 e. The predicted octanol–water partition coefficient (Wildman–Crippen LogP) is 7.20. The summed E-state index contributed by atoms with van der Waals surface area (Å²) in [5.74, 6) is -3.14. The monoisotopic (exact) mass is 666 g/mol. The Morgan fingerprint density at radius 2 is 1.02 bits per heavy atom. The van der Waals surface area contributed by atoms with Crippen molar-refractivity contribution in [3.63, 3.8) is 0 Å². The second-order valence-corrected chi connectivity index (χ2v) is 13.0. The summed E-state index contributed by atoms with van der Waals surface area (Å²) in [6, 6.07) is 0. The van der Waals surface area contributed by atoms with Gasteiger partial charge in [-0.25, -0.2) is 14.4 Å². The van der Waals surface area contributed by atoms with Gasteiger partial charge in [-0.2, -0.15) is 0 Å². The summed E-state index contributed by atoms with van der Waals surface area (Å²) in [6.45, 7) is 9.99. The number of carbonyl (C=O) groups is 4. The number of rotatable bonds is 25. The largest absolute Gasteiger partial charge is 0.460 e. The Labute approximate surface area is 283 Å². The molecule has 10 nitrogen and oxygen atoms in total. The van der Waals surface area contributed by atoms with E-state index in [1.54, 1.807) is 0 Å². The molecule has 10 heteroatoms. The molecule has 0 spiro atoms. The first-order chi connectivity index (χ1) is 22.9. The van der Waals surface area contributed by atoms with E-state index in [0.717, 1.165) is 103 Å². The summed E-state index contributed by atoms with van der Waals surface area (Å²) in [4.78, 5) is 52.1. The third-order valence-electron chi connectivity index (χ3n) is 8.99. The second kappa shape index (κ2) is 25.5. The molecule has 2 rings (SSSR count). The number of unbranched alkanes of at least 4 members (excludes halogenated alkanes) is 6. The van der Waals surface area contributed by atoms with Gasteiger partial charge in [-0.15, -0.1) is 0 Å². The van der Waals surface area contributed by atoms with Crippen LogP contribution in [0.2, 0.25) is 0 Å². The molecular formula is C37H62O10. The lowest BCUT2D eigenvalue weighted by Crippen LogP contribution is -2.39. The van der Waals surface area contributed by atoms with Crippen LogP contribution in [-0.4, -0.2) is 75.7 Å². The molecule has 0 N–H and O–H groups in total. The zero-order valence-corrected chi connectivity index (χ0v) is 29.3. The van der Waals surface area contributed by atoms with Crippen LogP contribution in [0.4, 0.5) is 0 Å². The molecule has 2 aliphatic rings. The van der Waals surface area contributed by atoms with Gasteiger partial charge in [-0.1, -0.05) is 97.5 Å². The highest BCUT2D eigenvalue weighted by molar-refractivity contribution is 5.95. The quantitative estimate of drug-likeness (QED) is 0.0428. The molecule has 0 saturated heterocycles. The average molecular weight is 667 g/mol. The van der Waals surface area contributed by atoms with E-state index in [9.17, 15) is 19.2 Å². The molecule has 270 valence electrons. The minimum absolute atomic E-state index is 0.0738. The van der Waals surface area contributed by atoms with E-state index in [4.69, 9.17) is 28.4 Å². The van der Waals surface area contributed by atoms with Crippen molar-refractivity contribution in [1.29, 1.82) is 0 Å². The number of hydrogen-bond acceptors (Lipinski definition) is 10. The molecule has 47 heavy (non-hydrogen) atoms. The van der Waals surface area contributed by atoms with E-state index in [-0.39, 0.29) is 43.8 Å². The molecule has 0 radical (unpaired) electrons. The third-order valence-corrected chi connectivity index (χ3v) is 8.99. The van der Waals surface area contributed by atoms with Gasteiger partial charge in [0.2, 0.25) is 12.2 Å². The van der Waals surface area contributed by atoms with Gasteiger partial charge in [0.05, 0.1) is 19.6 Å². The van der Waals surface area contributed by atoms with E-state index < -0.39 is 42.5 Å². The third kappa shape index (κ3) is 17.5. The lowest BCUT2D eigenvalue weighted by Gasteiger charge is -2.29. The van der Waals surface area contributed by atoms with Crippen LogP contribution in [0.15, 0.2) is 12.2 Å². The van der Waals surface area contributed by atoms with Gasteiger partial charge in [-0.05, 0) is 38.5 Å². The smallest absolute Gasteiger partial charge is 0.347 e. The molecule has 0 aromatic heterocycles. The summed E-state index contributed by atoms with van der Waals surface area (Å²) >= 11 is 0. The highest BCUT2D eigenvalue weighted by Crippen LogP contribution is 2.31. The van der Waals surface area contributed by atoms with Gasteiger partial charge >= 0.3 is 23.9 Å². The summed E-state index contributed by atoms with van der Waals surface area (Å²) < 4.78 is 33.3. The van der Waals surface area contributed by atoms with Crippen molar-refractivity contribution >= 4 is 23.9 Å². The molecule has 0 amide bonds. The van der Waals surface area contributed by atoms with E-state index in [0.29, 0.717) is 13.2 Å². The Hall–Kier alpha value is -2.46. The van der Waals surface area contributed by atoms with Crippen LogP contribution in [0.5, 0.6) is 0 Å². The van der Waals surface area contributed by atoms with E-state index >= 15 is 0 Å². The Kier molecular flexibility index (Phi) is 22.1. The van der Waals surface area contributed by atoms with Gasteiger partial charge in [0.1, 0.15) is 13.2 Å². The normalized spacial score (nSPS) is 17.0. The highest BCUT2D eigenvalue weighted by Gasteiger charge is 2.37. The summed E-state index contributed by atoms with van der Waals surface area (Å²) in [5.41, 5.74) is -0.147. The Bertz CT molecular complexity index is 907. The van der Waals surface area contributed by atoms with Crippen molar-refractivity contribution in [2.75, 3.05) is 39.6 Å². The van der Waals surface area contributed by atoms with Crippen LogP contribution >= 0.6 is 0 Å². The van der Waals surface area contributed by atoms with E-state index in [1.165, 1.54) is 12.8 Å². The summed E-state index contributed by atoms with van der Waals surface area (Å²) in [5, 5.41) is 0. The molecule has 0 heterocycles. The van der Waals surface area contributed by atoms with Crippen LogP contribution in [0.3, 0.4) is 0 Å². The van der Waals surface area contributed by atoms with Crippen molar-refractivity contribution in [1.82, 2.24) is 0 Å². The summed E-state index contributed by atoms with van der Waals surface area (Å²) in [7, 11) is 0. The molecule has 2 fully saturated rings. The SMILES string of the molecule is C=C(CC(=O)OC(C(=O)OCCOCCCCCC)C1CCCCC1)C(=O)OC(C(=O)OCCOCCCCCC)C1CCCCC1. The fraction of sp³-hybridized carbons (Fsp3) is 0.838. The van der Waals surface area contributed by atoms with Crippen molar-refractivity contribution in [2.24, 2.45) is 11.8 Å². The van der Waals surface area contributed by atoms with Gasteiger partial charge in [0.25, 0.3) is 0 Å². The van der Waals surface area contributed by atoms with Crippen molar-refractivity contribution in [2.45, 2.75) is 148 Å². The molecular weight excluding hydrogens is 604 g/mol. The van der Waals surface area contributed by atoms with Gasteiger partial charge in [0.15, 0.2) is 0 Å². The molecule has 0 aromatic carbocycles. The zero-order valence-electron chi connectivity index (χ0n) is 29.3. The standard InChI is InChI=1S/C37H62O10/c1-4-6-8-16-22-42-24-26-44-36(40)33(30-18-12-10-13-19-30)46-32(38)28-29(3)35(39)47-34(31-20-14-11-15-21-31)37(41)45-27-25-43-23-17-9-7-5-2/h30-31,33-34H,3-28H2,1-2H3. The predicted molar refractivity (Wildman–Crippen MR) is 179 cm³/mol. The molecule has 2 saturated carbocycles. The average Bonchev–Trinajstić information content (AvgIpc) is 3.08. The topological polar surface area (TPSA) is 124 Å². The number of esters is 4. The lowest BCUT2D eigenvalue weighted by atomic mass is 9.85. The minimum atomic E-state index is -1.08. The van der Waals surface area contributed by atoms with E-state index in [1.807, 2.05) is 0 Å². The summed E-state index contributed by atoms with van der Waals surface area (Å²) in [6.07, 6.45) is 15.0. The maximum absolute atomic E-state index is 13.1. The van der Waals surface area contributed by atoms with Crippen LogP contribution in [-0.2, 0) is 47.6 Å². The second-order valence-electron chi connectivity index (χ2n) is 13.0. The molecule has 2 aliphatic carbocycles. The van der Waals surface area contributed by atoms with Crippen LogP contribution < -0.4 is 0 Å². The zero-order chi connectivity index (χ0) is 34.1. The van der Waals surface area contributed by atoms with Crippen LogP contribution in [0.25, 0.3) is 0 Å². The maximum Gasteiger partial charge on any atom is 0.347 e. The molecule has 2 atom stereocenters. The van der Waals surface area contributed by atoms with Crippen molar-refractivity contribution in [3.8, 4) is 0 Å². The van der Waals surface area contributed by atoms with Crippen LogP contribution in [0.1, 0.15) is 136 Å². The van der Waals surface area contributed by atoms with Crippen molar-refractivity contribution in [3.05, 3.63) is 12.2 Å². The Morgan fingerprint density at radius 1 is 0.574 bits per heavy atom. The fourth-order valence-corrected chi connectivity index (χ4v) is 6.21. The Balaban J connectivity index is 1.87. The highest BCUT2D eigenvalue weighted by atomic mass is 16.6. The Morgan fingerprint density at radius 3 is 1.47 bits per heavy atom. The fourth-order valence-electron chi connectivity index (χ4n) is 6.21.